The molecule has 0 saturated heterocycles. The lowest BCUT2D eigenvalue weighted by molar-refractivity contribution is -0.117. The number of ketones is 1. The molecule has 4 rings (SSSR count). The zero-order valence-electron chi connectivity index (χ0n) is 17.8. The van der Waals surface area contributed by atoms with Gasteiger partial charge in [-0.2, -0.15) is 0 Å². The first-order chi connectivity index (χ1) is 16.0. The predicted molar refractivity (Wildman–Crippen MR) is 141 cm³/mol. The van der Waals surface area contributed by atoms with Gasteiger partial charge in [-0.25, -0.2) is 0 Å². The van der Waals surface area contributed by atoms with Gasteiger partial charge in [0.2, 0.25) is 5.91 Å². The van der Waals surface area contributed by atoms with Crippen LogP contribution in [0.5, 0.6) is 0 Å². The molecule has 2 atom stereocenters. The van der Waals surface area contributed by atoms with E-state index < -0.39 is 16.2 Å². The number of nitrogens with two attached hydrogens (primary N) is 1. The molecule has 3 aromatic rings. The van der Waals surface area contributed by atoms with E-state index in [1.54, 1.807) is 42.5 Å². The first-order valence-corrected chi connectivity index (χ1v) is 12.2. The maximum Gasteiger partial charge on any atom is 0.231 e. The summed E-state index contributed by atoms with van der Waals surface area (Å²) in [5.41, 5.74) is 9.61. The average molecular weight is 557 g/mol. The van der Waals surface area contributed by atoms with E-state index in [0.29, 0.717) is 37.6 Å². The number of anilines is 2. The van der Waals surface area contributed by atoms with Crippen LogP contribution in [0, 0.1) is 12.8 Å². The van der Waals surface area contributed by atoms with Crippen LogP contribution in [0.25, 0.3) is 0 Å². The molecule has 1 fully saturated rings. The van der Waals surface area contributed by atoms with Crippen LogP contribution in [-0.2, 0) is 11.2 Å². The second kappa shape index (κ2) is 9.60. The van der Waals surface area contributed by atoms with Crippen LogP contribution in [-0.4, -0.2) is 16.0 Å². The molecule has 1 amide bonds. The zero-order chi connectivity index (χ0) is 24.8. The van der Waals surface area contributed by atoms with Gasteiger partial charge in [-0.3, -0.25) is 9.59 Å². The lowest BCUT2D eigenvalue weighted by Gasteiger charge is -2.10. The Morgan fingerprint density at radius 1 is 0.941 bits per heavy atom. The van der Waals surface area contributed by atoms with E-state index in [0.717, 1.165) is 11.1 Å². The van der Waals surface area contributed by atoms with Gasteiger partial charge in [0.05, 0.1) is 21.0 Å². The van der Waals surface area contributed by atoms with Gasteiger partial charge in [0.15, 0.2) is 5.78 Å². The molecule has 0 bridgehead atoms. The maximum atomic E-state index is 13.0. The molecule has 176 valence electrons. The molecule has 0 radical (unpaired) electrons. The highest BCUT2D eigenvalue weighted by Crippen LogP contribution is 2.65. The van der Waals surface area contributed by atoms with E-state index in [-0.39, 0.29) is 18.1 Å². The summed E-state index contributed by atoms with van der Waals surface area (Å²) in [6.45, 7) is 1.89. The van der Waals surface area contributed by atoms with Crippen molar-refractivity contribution in [1.82, 2.24) is 0 Å². The van der Waals surface area contributed by atoms with Gasteiger partial charge in [0, 0.05) is 29.3 Å². The van der Waals surface area contributed by atoms with Gasteiger partial charge in [-0.15, -0.1) is 23.2 Å². The number of Topliss-reactive ketones (excluding diaryl/α,β-unsaturated/α-hetero) is 1. The molecule has 34 heavy (non-hydrogen) atoms. The molecular weight excluding hydrogens is 538 g/mol. The number of nitrogen functional groups attached to an aromatic ring is 1. The van der Waals surface area contributed by atoms with Crippen LogP contribution >= 0.6 is 58.0 Å². The number of hydrogen-bond acceptors (Lipinski definition) is 3. The van der Waals surface area contributed by atoms with Crippen molar-refractivity contribution in [3.63, 3.8) is 0 Å². The third-order valence-electron chi connectivity index (χ3n) is 5.89. The number of alkyl halides is 2. The summed E-state index contributed by atoms with van der Waals surface area (Å²) in [6.07, 6.45) is 0.151. The number of carbonyl (C=O) groups excluding carboxylic acids is 2. The highest BCUT2D eigenvalue weighted by molar-refractivity contribution is 6.53. The second-order valence-corrected chi connectivity index (χ2v) is 10.9. The SMILES string of the molecule is Cc1cc(N)ccc1CC(=O)c1cc(NC(=O)[C@H]2[C@H](c3ccc(Cl)c(Cl)c3)C2(Cl)Cl)ccc1Cl. The Kier molecular flexibility index (Phi) is 7.10. The van der Waals surface area contributed by atoms with Crippen molar-refractivity contribution < 1.29 is 9.59 Å². The summed E-state index contributed by atoms with van der Waals surface area (Å²) in [6, 6.07) is 15.1. The van der Waals surface area contributed by atoms with Crippen LogP contribution in [0.4, 0.5) is 11.4 Å². The molecule has 9 heteroatoms. The molecule has 1 aliphatic rings. The molecule has 0 spiro atoms. The number of rotatable bonds is 6. The first-order valence-electron chi connectivity index (χ1n) is 10.3. The van der Waals surface area contributed by atoms with E-state index >= 15 is 0 Å². The van der Waals surface area contributed by atoms with Gasteiger partial charge in [0.1, 0.15) is 4.33 Å². The van der Waals surface area contributed by atoms with E-state index in [9.17, 15) is 9.59 Å². The number of aryl methyl sites for hydroxylation is 1. The predicted octanol–water partition coefficient (Wildman–Crippen LogP) is 7.49. The summed E-state index contributed by atoms with van der Waals surface area (Å²) in [4.78, 5) is 26.0. The van der Waals surface area contributed by atoms with E-state index in [1.807, 2.05) is 19.1 Å². The molecule has 1 saturated carbocycles. The number of carbonyl (C=O) groups is 2. The quantitative estimate of drug-likeness (QED) is 0.188. The third kappa shape index (κ3) is 5.02. The van der Waals surface area contributed by atoms with Crippen LogP contribution in [0.1, 0.15) is 33.0 Å². The van der Waals surface area contributed by atoms with Crippen LogP contribution in [0.2, 0.25) is 15.1 Å². The van der Waals surface area contributed by atoms with Crippen molar-refractivity contribution in [2.45, 2.75) is 23.6 Å². The van der Waals surface area contributed by atoms with E-state index in [4.69, 9.17) is 63.7 Å². The molecule has 0 aliphatic heterocycles. The summed E-state index contributed by atoms with van der Waals surface area (Å²) in [5.74, 6) is -1.72. The Hall–Kier alpha value is -1.95. The minimum absolute atomic E-state index is 0.151. The summed E-state index contributed by atoms with van der Waals surface area (Å²) in [5, 5.41) is 3.84. The van der Waals surface area contributed by atoms with Crippen LogP contribution in [0.15, 0.2) is 54.6 Å². The van der Waals surface area contributed by atoms with E-state index in [2.05, 4.69) is 5.32 Å². The fraction of sp³-hybridized carbons (Fsp3) is 0.200. The van der Waals surface area contributed by atoms with Crippen molar-refractivity contribution in [2.75, 3.05) is 11.1 Å². The second-order valence-electron chi connectivity index (χ2n) is 8.27. The van der Waals surface area contributed by atoms with Crippen LogP contribution < -0.4 is 11.1 Å². The van der Waals surface area contributed by atoms with Gasteiger partial charge >= 0.3 is 0 Å². The smallest absolute Gasteiger partial charge is 0.231 e. The van der Waals surface area contributed by atoms with Gasteiger partial charge in [0.25, 0.3) is 0 Å². The molecule has 4 nitrogen and oxygen atoms in total. The summed E-state index contributed by atoms with van der Waals surface area (Å²) in [7, 11) is 0. The average Bonchev–Trinajstić information content (AvgIpc) is 3.35. The Labute approximate surface area is 222 Å². The molecule has 3 N–H and O–H groups in total. The highest BCUT2D eigenvalue weighted by Gasteiger charge is 2.67. The van der Waals surface area contributed by atoms with Gasteiger partial charge < -0.3 is 11.1 Å². The molecule has 0 heterocycles. The maximum absolute atomic E-state index is 13.0. The lowest BCUT2D eigenvalue weighted by atomic mass is 9.98. The Morgan fingerprint density at radius 3 is 2.32 bits per heavy atom. The molecule has 1 aliphatic carbocycles. The van der Waals surface area contributed by atoms with E-state index in [1.165, 1.54) is 0 Å². The lowest BCUT2D eigenvalue weighted by Crippen LogP contribution is -2.17. The number of benzene rings is 3. The largest absolute Gasteiger partial charge is 0.399 e. The number of hydrogen-bond donors (Lipinski definition) is 2. The van der Waals surface area contributed by atoms with Gasteiger partial charge in [-0.1, -0.05) is 46.9 Å². The normalized spacial score (nSPS) is 18.4. The van der Waals surface area contributed by atoms with Crippen LogP contribution in [0.3, 0.4) is 0 Å². The number of halogens is 5. The monoisotopic (exact) mass is 554 g/mol. The Bertz CT molecular complexity index is 1310. The number of amides is 1. The molecule has 0 aromatic heterocycles. The number of nitrogens with one attached hydrogen (secondary N) is 1. The third-order valence-corrected chi connectivity index (χ3v) is 7.90. The minimum atomic E-state index is -1.29. The van der Waals surface area contributed by atoms with Gasteiger partial charge in [-0.05, 0) is 66.1 Å². The van der Waals surface area contributed by atoms with Crippen molar-refractivity contribution in [1.29, 1.82) is 0 Å². The molecular formula is C25H19Cl5N2O2. The Morgan fingerprint density at radius 2 is 1.65 bits per heavy atom. The summed E-state index contributed by atoms with van der Waals surface area (Å²) >= 11 is 31.2. The Balaban J connectivity index is 1.51. The van der Waals surface area contributed by atoms with Crippen molar-refractivity contribution in [3.05, 3.63) is 91.9 Å². The first kappa shape index (κ1) is 25.2. The summed E-state index contributed by atoms with van der Waals surface area (Å²) < 4.78 is -1.29. The fourth-order valence-corrected chi connectivity index (χ4v) is 5.35. The standard InChI is InChI=1S/C25H19Cl5N2O2/c1-12-8-15(31)4-2-13(12)10-21(33)17-11-16(5-7-18(17)26)32-24(34)23-22(25(23,29)30)14-3-6-19(27)20(28)9-14/h2-9,11,22-23H,10,31H2,1H3,(H,32,34)/t22-,23+/m0/s1. The fourth-order valence-electron chi connectivity index (χ4n) is 4.00. The van der Waals surface area contributed by atoms with Crippen molar-refractivity contribution in [3.8, 4) is 0 Å². The highest BCUT2D eigenvalue weighted by atomic mass is 35.5. The van der Waals surface area contributed by atoms with Crippen molar-refractivity contribution >= 4 is 81.1 Å². The zero-order valence-corrected chi connectivity index (χ0v) is 21.6. The molecule has 3 aromatic carbocycles. The van der Waals surface area contributed by atoms with Crippen molar-refractivity contribution in [2.24, 2.45) is 5.92 Å². The topological polar surface area (TPSA) is 72.2 Å². The minimum Gasteiger partial charge on any atom is -0.399 e. The molecule has 0 unspecified atom stereocenters.